The highest BCUT2D eigenvalue weighted by Gasteiger charge is 2.27. The summed E-state index contributed by atoms with van der Waals surface area (Å²) in [5.41, 5.74) is 5.73. The normalized spacial score (nSPS) is 18.7. The second-order valence-corrected chi connectivity index (χ2v) is 4.23. The van der Waals surface area contributed by atoms with Gasteiger partial charge in [0, 0.05) is 19.3 Å². The van der Waals surface area contributed by atoms with Crippen molar-refractivity contribution in [1.82, 2.24) is 4.98 Å². The molecule has 0 bridgehead atoms. The maximum Gasteiger partial charge on any atom is 0.338 e. The second kappa shape index (κ2) is 5.03. The Morgan fingerprint density at radius 3 is 2.94 bits per heavy atom. The summed E-state index contributed by atoms with van der Waals surface area (Å²) in [7, 11) is 1.33. The van der Waals surface area contributed by atoms with Crippen molar-refractivity contribution in [3.63, 3.8) is 0 Å². The van der Waals surface area contributed by atoms with Crippen LogP contribution < -0.4 is 10.6 Å². The van der Waals surface area contributed by atoms with Gasteiger partial charge in [-0.05, 0) is 18.6 Å². The molecule has 1 amide bonds. The molecule has 1 atom stereocenters. The predicted octanol–water partition coefficient (Wildman–Crippen LogP) is 0.180. The number of anilines is 1. The van der Waals surface area contributed by atoms with Gasteiger partial charge in [-0.1, -0.05) is 0 Å². The van der Waals surface area contributed by atoms with E-state index in [1.165, 1.54) is 7.11 Å². The van der Waals surface area contributed by atoms with Crippen molar-refractivity contribution < 1.29 is 14.3 Å². The molecule has 0 radical (unpaired) electrons. The van der Waals surface area contributed by atoms with E-state index in [2.05, 4.69) is 9.72 Å². The van der Waals surface area contributed by atoms with Crippen LogP contribution in [0, 0.1) is 5.92 Å². The topological polar surface area (TPSA) is 85.5 Å². The molecule has 6 nitrogen and oxygen atoms in total. The average Bonchev–Trinajstić information content (AvgIpc) is 2.88. The lowest BCUT2D eigenvalue weighted by Gasteiger charge is -2.17. The van der Waals surface area contributed by atoms with E-state index in [0.29, 0.717) is 24.5 Å². The Kier molecular flexibility index (Phi) is 3.45. The molecular weight excluding hydrogens is 234 g/mol. The van der Waals surface area contributed by atoms with Crippen LogP contribution in [0.1, 0.15) is 16.8 Å². The number of primary amides is 1. The van der Waals surface area contributed by atoms with Crippen LogP contribution in [0.15, 0.2) is 18.3 Å². The summed E-state index contributed by atoms with van der Waals surface area (Å²) in [5.74, 6) is -0.166. The first-order chi connectivity index (χ1) is 8.61. The number of amides is 1. The first kappa shape index (κ1) is 12.3. The molecule has 1 aromatic heterocycles. The first-order valence-corrected chi connectivity index (χ1v) is 5.70. The highest BCUT2D eigenvalue weighted by Crippen LogP contribution is 2.22. The molecule has 1 aliphatic rings. The van der Waals surface area contributed by atoms with E-state index >= 15 is 0 Å². The minimum Gasteiger partial charge on any atom is -0.465 e. The Hall–Kier alpha value is -2.11. The summed E-state index contributed by atoms with van der Waals surface area (Å²) >= 11 is 0. The number of nitrogens with zero attached hydrogens (tertiary/aromatic N) is 2. The fourth-order valence-corrected chi connectivity index (χ4v) is 2.04. The zero-order valence-corrected chi connectivity index (χ0v) is 10.1. The van der Waals surface area contributed by atoms with E-state index in [1.807, 2.05) is 4.90 Å². The molecule has 1 aliphatic heterocycles. The smallest absolute Gasteiger partial charge is 0.338 e. The fraction of sp³-hybridized carbons (Fsp3) is 0.417. The van der Waals surface area contributed by atoms with Gasteiger partial charge >= 0.3 is 5.97 Å². The van der Waals surface area contributed by atoms with E-state index < -0.39 is 5.97 Å². The third kappa shape index (κ3) is 2.42. The van der Waals surface area contributed by atoms with Crippen LogP contribution in [0.4, 0.5) is 5.82 Å². The van der Waals surface area contributed by atoms with E-state index in [1.54, 1.807) is 18.3 Å². The lowest BCUT2D eigenvalue weighted by Crippen LogP contribution is -2.27. The zero-order valence-electron chi connectivity index (χ0n) is 10.1. The maximum absolute atomic E-state index is 11.4. The van der Waals surface area contributed by atoms with E-state index in [0.717, 1.165) is 6.42 Å². The first-order valence-electron chi connectivity index (χ1n) is 5.70. The van der Waals surface area contributed by atoms with Gasteiger partial charge in [0.15, 0.2) is 0 Å². The number of carbonyl (C=O) groups excluding carboxylic acids is 2. The maximum atomic E-state index is 11.4. The molecule has 96 valence electrons. The Morgan fingerprint density at radius 1 is 1.56 bits per heavy atom. The van der Waals surface area contributed by atoms with Crippen LogP contribution in [0.3, 0.4) is 0 Å². The lowest BCUT2D eigenvalue weighted by atomic mass is 10.1. The van der Waals surface area contributed by atoms with E-state index in [4.69, 9.17) is 5.73 Å². The number of rotatable bonds is 3. The number of methoxy groups -OCH3 is 1. The summed E-state index contributed by atoms with van der Waals surface area (Å²) in [6.07, 6.45) is 2.28. The minimum absolute atomic E-state index is 0.145. The van der Waals surface area contributed by atoms with Crippen molar-refractivity contribution in [2.45, 2.75) is 6.42 Å². The molecule has 2 N–H and O–H groups in total. The van der Waals surface area contributed by atoms with E-state index in [9.17, 15) is 9.59 Å². The Balaban J connectivity index is 2.15. The molecule has 0 aromatic carbocycles. The van der Waals surface area contributed by atoms with Gasteiger partial charge in [0.2, 0.25) is 5.91 Å². The monoisotopic (exact) mass is 249 g/mol. The molecule has 6 heteroatoms. The molecule has 18 heavy (non-hydrogen) atoms. The summed E-state index contributed by atoms with van der Waals surface area (Å²) in [4.78, 5) is 28.7. The van der Waals surface area contributed by atoms with Gasteiger partial charge in [-0.3, -0.25) is 4.79 Å². The quantitative estimate of drug-likeness (QED) is 0.772. The number of nitrogens with two attached hydrogens (primary N) is 1. The molecule has 0 spiro atoms. The van der Waals surface area contributed by atoms with Gasteiger partial charge in [-0.25, -0.2) is 9.78 Å². The zero-order chi connectivity index (χ0) is 13.1. The van der Waals surface area contributed by atoms with Crippen molar-refractivity contribution in [3.05, 3.63) is 23.9 Å². The van der Waals surface area contributed by atoms with Crippen molar-refractivity contribution in [1.29, 1.82) is 0 Å². The molecule has 1 saturated heterocycles. The van der Waals surface area contributed by atoms with Gasteiger partial charge in [0.05, 0.1) is 18.6 Å². The number of hydrogen-bond donors (Lipinski definition) is 1. The molecule has 1 aromatic rings. The Bertz CT molecular complexity index is 475. The van der Waals surface area contributed by atoms with Crippen molar-refractivity contribution >= 4 is 17.7 Å². The van der Waals surface area contributed by atoms with Crippen molar-refractivity contribution in [3.8, 4) is 0 Å². The van der Waals surface area contributed by atoms with E-state index in [-0.39, 0.29) is 11.8 Å². The minimum atomic E-state index is -0.399. The lowest BCUT2D eigenvalue weighted by molar-refractivity contribution is -0.121. The summed E-state index contributed by atoms with van der Waals surface area (Å²) in [6.45, 7) is 1.26. The number of carbonyl (C=O) groups is 2. The van der Waals surface area contributed by atoms with Gasteiger partial charge in [0.25, 0.3) is 0 Å². The highest BCUT2D eigenvalue weighted by molar-refractivity contribution is 5.90. The molecule has 2 heterocycles. The van der Waals surface area contributed by atoms with Crippen LogP contribution in [-0.2, 0) is 9.53 Å². The van der Waals surface area contributed by atoms with Crippen LogP contribution in [0.25, 0.3) is 0 Å². The Morgan fingerprint density at radius 2 is 2.33 bits per heavy atom. The average molecular weight is 249 g/mol. The number of hydrogen-bond acceptors (Lipinski definition) is 5. The predicted molar refractivity (Wildman–Crippen MR) is 65.1 cm³/mol. The van der Waals surface area contributed by atoms with Crippen LogP contribution in [0.5, 0.6) is 0 Å². The number of aromatic nitrogens is 1. The number of pyridine rings is 1. The van der Waals surface area contributed by atoms with Crippen molar-refractivity contribution in [2.75, 3.05) is 25.1 Å². The Labute approximate surface area is 105 Å². The second-order valence-electron chi connectivity index (χ2n) is 4.23. The number of ether oxygens (including phenoxy) is 1. The van der Waals surface area contributed by atoms with Crippen LogP contribution in [-0.4, -0.2) is 37.1 Å². The fourth-order valence-electron chi connectivity index (χ4n) is 2.04. The molecule has 0 saturated carbocycles. The molecule has 2 rings (SSSR count). The molecule has 0 aliphatic carbocycles. The molecule has 1 fully saturated rings. The number of esters is 1. The third-order valence-corrected chi connectivity index (χ3v) is 3.08. The van der Waals surface area contributed by atoms with Crippen LogP contribution in [0.2, 0.25) is 0 Å². The summed E-state index contributed by atoms with van der Waals surface area (Å²) in [6, 6.07) is 3.26. The molecule has 1 unspecified atom stereocenters. The standard InChI is InChI=1S/C12H15N3O3/c1-18-12(17)8-2-4-14-10(6-8)15-5-3-9(7-15)11(13)16/h2,4,6,9H,3,5,7H2,1H3,(H2,13,16). The summed E-state index contributed by atoms with van der Waals surface area (Å²) < 4.78 is 4.65. The van der Waals surface area contributed by atoms with Gasteiger partial charge in [-0.15, -0.1) is 0 Å². The van der Waals surface area contributed by atoms with Crippen molar-refractivity contribution in [2.24, 2.45) is 11.7 Å². The molecular formula is C12H15N3O3. The van der Waals surface area contributed by atoms with Crippen LogP contribution >= 0.6 is 0 Å². The van der Waals surface area contributed by atoms with Gasteiger partial charge in [-0.2, -0.15) is 0 Å². The largest absolute Gasteiger partial charge is 0.465 e. The summed E-state index contributed by atoms with van der Waals surface area (Å²) in [5, 5.41) is 0. The van der Waals surface area contributed by atoms with Gasteiger partial charge < -0.3 is 15.4 Å². The highest BCUT2D eigenvalue weighted by atomic mass is 16.5. The van der Waals surface area contributed by atoms with Gasteiger partial charge in [0.1, 0.15) is 5.82 Å². The SMILES string of the molecule is COC(=O)c1ccnc(N2CCC(C(N)=O)C2)c1. The third-order valence-electron chi connectivity index (χ3n) is 3.08.